The molecule has 0 bridgehead atoms. The molecule has 0 spiro atoms. The van der Waals surface area contributed by atoms with Gasteiger partial charge in [-0.25, -0.2) is 0 Å². The molecule has 1 aromatic rings. The summed E-state index contributed by atoms with van der Waals surface area (Å²) >= 11 is 7.34. The molecule has 2 nitrogen and oxygen atoms in total. The number of nitrogens with zero attached hydrogens (tertiary/aromatic N) is 1. The molecule has 2 N–H and O–H groups in total. The van der Waals surface area contributed by atoms with Crippen LogP contribution in [0.5, 0.6) is 0 Å². The fourth-order valence-electron chi connectivity index (χ4n) is 1.93. The zero-order valence-electron chi connectivity index (χ0n) is 11.6. The lowest BCUT2D eigenvalue weighted by Crippen LogP contribution is -2.37. The van der Waals surface area contributed by atoms with Gasteiger partial charge in [-0.1, -0.05) is 0 Å². The molecular weight excluding hydrogens is 328 g/mol. The maximum absolute atomic E-state index is 5.98. The van der Waals surface area contributed by atoms with Gasteiger partial charge in [-0.3, -0.25) is 4.90 Å². The van der Waals surface area contributed by atoms with Gasteiger partial charge in [0.15, 0.2) is 0 Å². The van der Waals surface area contributed by atoms with Gasteiger partial charge in [0.05, 0.1) is 6.04 Å². The number of rotatable bonds is 7. The van der Waals surface area contributed by atoms with Crippen LogP contribution < -0.4 is 5.73 Å². The summed E-state index contributed by atoms with van der Waals surface area (Å²) in [5.74, 6) is 1.20. The number of aryl methyl sites for hydroxylation is 1. The third-order valence-corrected chi connectivity index (χ3v) is 6.24. The van der Waals surface area contributed by atoms with E-state index in [-0.39, 0.29) is 0 Å². The molecule has 2 unspecified atom stereocenters. The number of hydrogen-bond acceptors (Lipinski definition) is 4. The van der Waals surface area contributed by atoms with E-state index in [0.717, 1.165) is 0 Å². The monoisotopic (exact) mass is 350 g/mol. The molecule has 0 saturated heterocycles. The van der Waals surface area contributed by atoms with Crippen molar-refractivity contribution in [1.29, 1.82) is 0 Å². The van der Waals surface area contributed by atoms with Gasteiger partial charge in [0.1, 0.15) is 0 Å². The van der Waals surface area contributed by atoms with E-state index >= 15 is 0 Å². The van der Waals surface area contributed by atoms with Crippen molar-refractivity contribution < 1.29 is 0 Å². The summed E-state index contributed by atoms with van der Waals surface area (Å²) < 4.78 is 1.20. The average Bonchev–Trinajstić information content (AvgIpc) is 2.67. The lowest BCUT2D eigenvalue weighted by molar-refractivity contribution is 0.188. The summed E-state index contributed by atoms with van der Waals surface area (Å²) in [6.07, 6.45) is 3.37. The lowest BCUT2D eigenvalue weighted by Gasteiger charge is -2.31. The van der Waals surface area contributed by atoms with Gasteiger partial charge in [-0.05, 0) is 61.3 Å². The molecule has 104 valence electrons. The minimum Gasteiger partial charge on any atom is -0.329 e. The Morgan fingerprint density at radius 3 is 2.67 bits per heavy atom. The van der Waals surface area contributed by atoms with Crippen molar-refractivity contribution in [3.63, 3.8) is 0 Å². The predicted octanol–water partition coefficient (Wildman–Crippen LogP) is 3.89. The molecular formula is C13H23BrN2S2. The lowest BCUT2D eigenvalue weighted by atomic mass is 10.1. The van der Waals surface area contributed by atoms with E-state index in [2.05, 4.69) is 54.0 Å². The molecule has 5 heteroatoms. The maximum atomic E-state index is 5.98. The zero-order valence-corrected chi connectivity index (χ0v) is 14.8. The third kappa shape index (κ3) is 4.23. The molecule has 1 aromatic heterocycles. The quantitative estimate of drug-likeness (QED) is 0.808. The summed E-state index contributed by atoms with van der Waals surface area (Å²) in [6, 6.07) is 3.11. The van der Waals surface area contributed by atoms with Crippen LogP contribution in [-0.2, 0) is 0 Å². The van der Waals surface area contributed by atoms with Gasteiger partial charge in [0, 0.05) is 26.8 Å². The van der Waals surface area contributed by atoms with Gasteiger partial charge >= 0.3 is 0 Å². The van der Waals surface area contributed by atoms with E-state index in [4.69, 9.17) is 5.73 Å². The Balaban J connectivity index is 2.76. The number of halogens is 1. The zero-order chi connectivity index (χ0) is 13.7. The normalized spacial score (nSPS) is 15.1. The maximum Gasteiger partial charge on any atom is 0.0564 e. The molecule has 0 aliphatic heterocycles. The molecule has 1 heterocycles. The average molecular weight is 351 g/mol. The SMILES string of the molecule is CSCCC(C)N(C)C(CN)c1cc(Br)c(C)s1. The topological polar surface area (TPSA) is 29.3 Å². The Kier molecular flexibility index (Phi) is 7.24. The minimum atomic E-state index is 0.330. The van der Waals surface area contributed by atoms with Crippen LogP contribution in [0.2, 0.25) is 0 Å². The first kappa shape index (κ1) is 16.5. The number of thiophene rings is 1. The third-order valence-electron chi connectivity index (χ3n) is 3.35. The first-order valence-corrected chi connectivity index (χ1v) is 9.18. The highest BCUT2D eigenvalue weighted by molar-refractivity contribution is 9.10. The second-order valence-corrected chi connectivity index (χ2v) is 7.73. The van der Waals surface area contributed by atoms with Crippen LogP contribution in [0.1, 0.15) is 29.1 Å². The van der Waals surface area contributed by atoms with Crippen LogP contribution in [0.25, 0.3) is 0 Å². The molecule has 0 aromatic carbocycles. The van der Waals surface area contributed by atoms with Crippen LogP contribution in [0.15, 0.2) is 10.5 Å². The van der Waals surface area contributed by atoms with Gasteiger partial charge in [-0.15, -0.1) is 11.3 Å². The second-order valence-electron chi connectivity index (χ2n) is 4.60. The molecule has 0 radical (unpaired) electrons. The van der Waals surface area contributed by atoms with Crippen molar-refractivity contribution in [3.05, 3.63) is 20.3 Å². The smallest absolute Gasteiger partial charge is 0.0564 e. The number of hydrogen-bond donors (Lipinski definition) is 1. The summed E-state index contributed by atoms with van der Waals surface area (Å²) in [7, 11) is 2.19. The Morgan fingerprint density at radius 1 is 1.56 bits per heavy atom. The first-order chi connectivity index (χ1) is 8.51. The van der Waals surface area contributed by atoms with Crippen LogP contribution in [-0.4, -0.2) is 36.5 Å². The van der Waals surface area contributed by atoms with E-state index in [1.54, 1.807) is 0 Å². The predicted molar refractivity (Wildman–Crippen MR) is 88.8 cm³/mol. The van der Waals surface area contributed by atoms with Crippen LogP contribution >= 0.6 is 39.0 Å². The van der Waals surface area contributed by atoms with E-state index in [1.165, 1.54) is 26.4 Å². The highest BCUT2D eigenvalue weighted by Crippen LogP contribution is 2.33. The fourth-order valence-corrected chi connectivity index (χ4v) is 4.23. The van der Waals surface area contributed by atoms with Crippen molar-refractivity contribution in [1.82, 2.24) is 4.90 Å². The van der Waals surface area contributed by atoms with Crippen molar-refractivity contribution in [2.75, 3.05) is 25.6 Å². The Labute approximate surface area is 127 Å². The van der Waals surface area contributed by atoms with Gasteiger partial charge in [-0.2, -0.15) is 11.8 Å². The molecule has 2 atom stereocenters. The van der Waals surface area contributed by atoms with E-state index in [0.29, 0.717) is 18.6 Å². The molecule has 0 aliphatic carbocycles. The van der Waals surface area contributed by atoms with Crippen molar-refractivity contribution in [2.45, 2.75) is 32.4 Å². The van der Waals surface area contributed by atoms with Crippen molar-refractivity contribution in [3.8, 4) is 0 Å². The fraction of sp³-hybridized carbons (Fsp3) is 0.692. The Hall–Kier alpha value is 0.450. The molecule has 0 amide bonds. The molecule has 0 saturated carbocycles. The van der Waals surface area contributed by atoms with Crippen molar-refractivity contribution >= 4 is 39.0 Å². The number of thioether (sulfide) groups is 1. The van der Waals surface area contributed by atoms with Crippen LogP contribution in [0.3, 0.4) is 0 Å². The first-order valence-electron chi connectivity index (χ1n) is 6.18. The number of likely N-dealkylation sites (N-methyl/N-ethyl adjacent to an activating group) is 1. The Bertz CT molecular complexity index is 348. The standard InChI is InChI=1S/C13H23BrN2S2/c1-9(5-6-17-4)16(3)12(8-15)13-7-11(14)10(2)18-13/h7,9,12H,5-6,8,15H2,1-4H3. The largest absolute Gasteiger partial charge is 0.329 e. The van der Waals surface area contributed by atoms with E-state index in [9.17, 15) is 0 Å². The minimum absolute atomic E-state index is 0.330. The molecule has 18 heavy (non-hydrogen) atoms. The summed E-state index contributed by atoms with van der Waals surface area (Å²) in [5.41, 5.74) is 5.98. The van der Waals surface area contributed by atoms with Gasteiger partial charge < -0.3 is 5.73 Å². The van der Waals surface area contributed by atoms with Gasteiger partial charge in [0.2, 0.25) is 0 Å². The highest BCUT2D eigenvalue weighted by Gasteiger charge is 2.22. The van der Waals surface area contributed by atoms with Crippen LogP contribution in [0, 0.1) is 6.92 Å². The Morgan fingerprint density at radius 2 is 2.22 bits per heavy atom. The summed E-state index contributed by atoms with van der Waals surface area (Å²) in [4.78, 5) is 5.10. The van der Waals surface area contributed by atoms with E-state index in [1.807, 2.05) is 23.1 Å². The van der Waals surface area contributed by atoms with Gasteiger partial charge in [0.25, 0.3) is 0 Å². The summed E-state index contributed by atoms with van der Waals surface area (Å²) in [6.45, 7) is 5.10. The molecule has 0 aliphatic rings. The highest BCUT2D eigenvalue weighted by atomic mass is 79.9. The second kappa shape index (κ2) is 7.90. The molecule has 1 rings (SSSR count). The molecule has 0 fully saturated rings. The number of nitrogens with two attached hydrogens (primary N) is 1. The van der Waals surface area contributed by atoms with Crippen molar-refractivity contribution in [2.24, 2.45) is 5.73 Å². The summed E-state index contributed by atoms with van der Waals surface area (Å²) in [5, 5.41) is 0. The van der Waals surface area contributed by atoms with Crippen LogP contribution in [0.4, 0.5) is 0 Å². The van der Waals surface area contributed by atoms with E-state index < -0.39 is 0 Å².